The van der Waals surface area contributed by atoms with Gasteiger partial charge in [0.1, 0.15) is 6.61 Å². The van der Waals surface area contributed by atoms with Crippen LogP contribution in [0.4, 0.5) is 0 Å². The Balaban J connectivity index is 0. The normalized spacial score (nSPS) is 7.81. The number of rotatable bonds is 4. The lowest BCUT2D eigenvalue weighted by Crippen LogP contribution is -2.05. The van der Waals surface area contributed by atoms with Crippen LogP contribution in [0, 0.1) is 11.3 Å². The van der Waals surface area contributed by atoms with Crippen LogP contribution in [0.1, 0.15) is 20.3 Å². The summed E-state index contributed by atoms with van der Waals surface area (Å²) in [6.45, 7) is 9.70. The molecule has 5 heteroatoms. The number of aliphatic carboxylic acids is 1. The summed E-state index contributed by atoms with van der Waals surface area (Å²) in [4.78, 5) is 20.2. The fourth-order valence-corrected chi connectivity index (χ4v) is 0.313. The molecule has 0 aromatic carbocycles. The second-order valence-corrected chi connectivity index (χ2v) is 2.91. The van der Waals surface area contributed by atoms with E-state index in [1.165, 1.54) is 6.92 Å². The van der Waals surface area contributed by atoms with Crippen LogP contribution < -0.4 is 0 Å². The Kier molecular flexibility index (Phi) is 9.67. The number of nitriles is 1. The van der Waals surface area contributed by atoms with Gasteiger partial charge in [0.25, 0.3) is 0 Å². The Morgan fingerprint density at radius 2 is 1.75 bits per heavy atom. The van der Waals surface area contributed by atoms with E-state index in [1.54, 1.807) is 6.92 Å². The summed E-state index contributed by atoms with van der Waals surface area (Å²) in [6.07, 6.45) is 0.235. The molecule has 0 radical (unpaired) electrons. The third-order valence-electron chi connectivity index (χ3n) is 1.16. The summed E-state index contributed by atoms with van der Waals surface area (Å²) in [5.74, 6) is -1.37. The number of carbonyl (C=O) groups is 2. The summed E-state index contributed by atoms with van der Waals surface area (Å²) >= 11 is 0. The number of nitrogens with zero attached hydrogens (tertiary/aromatic N) is 1. The highest BCUT2D eigenvalue weighted by atomic mass is 16.5. The maximum absolute atomic E-state index is 10.6. The molecule has 0 aliphatic heterocycles. The van der Waals surface area contributed by atoms with Gasteiger partial charge in [-0.05, 0) is 13.8 Å². The molecule has 0 aromatic rings. The number of ether oxygens (including phenoxy) is 1. The van der Waals surface area contributed by atoms with Crippen molar-refractivity contribution < 1.29 is 19.4 Å². The topological polar surface area (TPSA) is 87.4 Å². The first kappa shape index (κ1) is 16.3. The maximum atomic E-state index is 10.6. The lowest BCUT2D eigenvalue weighted by molar-refractivity contribution is -0.138. The number of carboxylic acid groups (broad SMARTS) is 1. The second kappa shape index (κ2) is 9.46. The van der Waals surface area contributed by atoms with Crippen LogP contribution in [0.5, 0.6) is 0 Å². The van der Waals surface area contributed by atoms with E-state index in [0.29, 0.717) is 5.57 Å². The average molecular weight is 225 g/mol. The van der Waals surface area contributed by atoms with Crippen LogP contribution in [0.2, 0.25) is 0 Å². The van der Waals surface area contributed by atoms with Gasteiger partial charge in [-0.2, -0.15) is 5.26 Å². The fraction of sp³-hybridized carbons (Fsp3) is 0.364. The smallest absolute Gasteiger partial charge is 0.333 e. The third kappa shape index (κ3) is 11.9. The van der Waals surface area contributed by atoms with Crippen LogP contribution in [0.15, 0.2) is 24.3 Å². The largest absolute Gasteiger partial charge is 0.478 e. The minimum Gasteiger partial charge on any atom is -0.478 e. The molecule has 0 unspecified atom stereocenters. The number of carbonyl (C=O) groups excluding carboxylic acids is 1. The van der Waals surface area contributed by atoms with Gasteiger partial charge in [0, 0.05) is 11.1 Å². The van der Waals surface area contributed by atoms with Crippen molar-refractivity contribution in [2.24, 2.45) is 0 Å². The molecule has 0 saturated heterocycles. The van der Waals surface area contributed by atoms with Gasteiger partial charge in [0.2, 0.25) is 0 Å². The van der Waals surface area contributed by atoms with E-state index in [-0.39, 0.29) is 18.6 Å². The van der Waals surface area contributed by atoms with Crippen molar-refractivity contribution in [2.75, 3.05) is 6.61 Å². The SMILES string of the molecule is C=C(C)C(=O)O.C=C(C)C(=O)OCCC#N. The third-order valence-corrected chi connectivity index (χ3v) is 1.16. The summed E-state index contributed by atoms with van der Waals surface area (Å²) in [5, 5.41) is 15.9. The quantitative estimate of drug-likeness (QED) is 0.446. The van der Waals surface area contributed by atoms with E-state index in [4.69, 9.17) is 10.4 Å². The predicted octanol–water partition coefficient (Wildman–Crippen LogP) is 1.67. The monoisotopic (exact) mass is 225 g/mol. The van der Waals surface area contributed by atoms with Crippen LogP contribution in [-0.4, -0.2) is 23.7 Å². The molecule has 88 valence electrons. The van der Waals surface area contributed by atoms with Gasteiger partial charge in [0.15, 0.2) is 0 Å². The van der Waals surface area contributed by atoms with Crippen molar-refractivity contribution in [1.82, 2.24) is 0 Å². The number of esters is 1. The summed E-state index contributed by atoms with van der Waals surface area (Å²) in [5.41, 5.74) is 0.535. The molecule has 0 amide bonds. The molecule has 0 aliphatic rings. The van der Waals surface area contributed by atoms with E-state index in [1.807, 2.05) is 6.07 Å². The minimum absolute atomic E-state index is 0.155. The molecule has 16 heavy (non-hydrogen) atoms. The Morgan fingerprint density at radius 3 is 2.00 bits per heavy atom. The summed E-state index contributed by atoms with van der Waals surface area (Å²) < 4.78 is 4.58. The maximum Gasteiger partial charge on any atom is 0.333 e. The molecule has 5 nitrogen and oxygen atoms in total. The van der Waals surface area contributed by atoms with Gasteiger partial charge in [0.05, 0.1) is 12.5 Å². The molecule has 0 aromatic heterocycles. The van der Waals surface area contributed by atoms with Crippen molar-refractivity contribution in [3.8, 4) is 6.07 Å². The van der Waals surface area contributed by atoms with E-state index in [2.05, 4.69) is 17.9 Å². The Morgan fingerprint density at radius 1 is 1.31 bits per heavy atom. The predicted molar refractivity (Wildman–Crippen MR) is 58.5 cm³/mol. The highest BCUT2D eigenvalue weighted by Crippen LogP contribution is 1.92. The summed E-state index contributed by atoms with van der Waals surface area (Å²) in [6, 6.07) is 1.86. The van der Waals surface area contributed by atoms with E-state index in [9.17, 15) is 9.59 Å². The molecule has 0 bridgehead atoms. The zero-order chi connectivity index (χ0) is 13.1. The lowest BCUT2D eigenvalue weighted by Gasteiger charge is -1.98. The fourth-order valence-electron chi connectivity index (χ4n) is 0.313. The van der Waals surface area contributed by atoms with E-state index >= 15 is 0 Å². The van der Waals surface area contributed by atoms with Gasteiger partial charge in [-0.1, -0.05) is 13.2 Å². The van der Waals surface area contributed by atoms with Crippen molar-refractivity contribution >= 4 is 11.9 Å². The van der Waals surface area contributed by atoms with Crippen LogP contribution in [0.3, 0.4) is 0 Å². The number of carboxylic acids is 1. The zero-order valence-electron chi connectivity index (χ0n) is 9.45. The van der Waals surface area contributed by atoms with Crippen molar-refractivity contribution in [3.05, 3.63) is 24.3 Å². The van der Waals surface area contributed by atoms with Gasteiger partial charge in [-0.3, -0.25) is 0 Å². The molecule has 0 aliphatic carbocycles. The Labute approximate surface area is 94.6 Å². The minimum atomic E-state index is -0.935. The van der Waals surface area contributed by atoms with Crippen LogP contribution in [0.25, 0.3) is 0 Å². The van der Waals surface area contributed by atoms with E-state index < -0.39 is 11.9 Å². The van der Waals surface area contributed by atoms with Crippen LogP contribution in [-0.2, 0) is 14.3 Å². The van der Waals surface area contributed by atoms with Gasteiger partial charge in [-0.25, -0.2) is 9.59 Å². The van der Waals surface area contributed by atoms with Gasteiger partial charge >= 0.3 is 11.9 Å². The van der Waals surface area contributed by atoms with Gasteiger partial charge in [-0.15, -0.1) is 0 Å². The summed E-state index contributed by atoms with van der Waals surface area (Å²) in [7, 11) is 0. The van der Waals surface area contributed by atoms with E-state index in [0.717, 1.165) is 0 Å². The average Bonchev–Trinajstić information content (AvgIpc) is 2.18. The first-order valence-corrected chi connectivity index (χ1v) is 4.41. The Bertz CT molecular complexity index is 313. The second-order valence-electron chi connectivity index (χ2n) is 2.91. The number of hydrogen-bond donors (Lipinski definition) is 1. The first-order valence-electron chi connectivity index (χ1n) is 4.41. The first-order chi connectivity index (χ1) is 7.32. The lowest BCUT2D eigenvalue weighted by atomic mass is 10.4. The molecule has 1 N–H and O–H groups in total. The molecule has 0 heterocycles. The molecular formula is C11H15NO4. The molecule has 0 fully saturated rings. The highest BCUT2D eigenvalue weighted by molar-refractivity contribution is 5.86. The molecular weight excluding hydrogens is 210 g/mol. The standard InChI is InChI=1S/C7H9NO2.C4H6O2/c1-6(2)7(9)10-5-3-4-8;1-3(2)4(5)6/h1,3,5H2,2H3;1H2,2H3,(H,5,6). The van der Waals surface area contributed by atoms with Crippen molar-refractivity contribution in [3.63, 3.8) is 0 Å². The van der Waals surface area contributed by atoms with Crippen molar-refractivity contribution in [2.45, 2.75) is 20.3 Å². The van der Waals surface area contributed by atoms with Gasteiger partial charge < -0.3 is 9.84 Å². The zero-order valence-corrected chi connectivity index (χ0v) is 9.45. The highest BCUT2D eigenvalue weighted by Gasteiger charge is 2.00. The Hall–Kier alpha value is -2.09. The molecule has 0 saturated carbocycles. The molecule has 0 atom stereocenters. The molecule has 0 rings (SSSR count). The van der Waals surface area contributed by atoms with Crippen LogP contribution >= 0.6 is 0 Å². The van der Waals surface area contributed by atoms with Crippen molar-refractivity contribution in [1.29, 1.82) is 5.26 Å². The number of hydrogen-bond acceptors (Lipinski definition) is 4. The molecule has 0 spiro atoms.